The van der Waals surface area contributed by atoms with Crippen LogP contribution in [0.2, 0.25) is 0 Å². The van der Waals surface area contributed by atoms with Crippen LogP contribution in [0.25, 0.3) is 0 Å². The SMILES string of the molecule is CCCC[C@@H](C(=O)O)C1(C=O)N=C(C=O)c2ccccc21. The lowest BCUT2D eigenvalue weighted by Crippen LogP contribution is -2.39. The highest BCUT2D eigenvalue weighted by Crippen LogP contribution is 2.42. The number of hydrogen-bond acceptors (Lipinski definition) is 4. The van der Waals surface area contributed by atoms with E-state index in [1.807, 2.05) is 6.92 Å². The van der Waals surface area contributed by atoms with Crippen LogP contribution in [0.3, 0.4) is 0 Å². The number of carbonyl (C=O) groups excluding carboxylic acids is 2. The fourth-order valence-corrected chi connectivity index (χ4v) is 2.84. The van der Waals surface area contributed by atoms with Gasteiger partial charge in [-0.15, -0.1) is 0 Å². The Morgan fingerprint density at radius 3 is 2.67 bits per heavy atom. The molecule has 1 aliphatic heterocycles. The number of rotatable bonds is 7. The molecule has 0 saturated carbocycles. The van der Waals surface area contributed by atoms with Gasteiger partial charge in [0, 0.05) is 5.56 Å². The molecule has 0 fully saturated rings. The van der Waals surface area contributed by atoms with E-state index in [9.17, 15) is 19.5 Å². The van der Waals surface area contributed by atoms with Crippen molar-refractivity contribution in [2.45, 2.75) is 31.7 Å². The zero-order valence-corrected chi connectivity index (χ0v) is 11.8. The molecule has 1 N–H and O–H groups in total. The molecule has 1 aromatic carbocycles. The number of carboxylic acids is 1. The van der Waals surface area contributed by atoms with Gasteiger partial charge in [-0.3, -0.25) is 14.6 Å². The molecule has 110 valence electrons. The Morgan fingerprint density at radius 2 is 2.10 bits per heavy atom. The van der Waals surface area contributed by atoms with E-state index in [1.54, 1.807) is 24.3 Å². The Morgan fingerprint density at radius 1 is 1.38 bits per heavy atom. The molecule has 1 heterocycles. The van der Waals surface area contributed by atoms with Crippen molar-refractivity contribution in [3.63, 3.8) is 0 Å². The van der Waals surface area contributed by atoms with Gasteiger partial charge in [-0.1, -0.05) is 44.0 Å². The van der Waals surface area contributed by atoms with Gasteiger partial charge in [-0.05, 0) is 12.0 Å². The summed E-state index contributed by atoms with van der Waals surface area (Å²) in [6, 6.07) is 6.82. The first-order chi connectivity index (χ1) is 10.1. The minimum Gasteiger partial charge on any atom is -0.481 e. The van der Waals surface area contributed by atoms with Gasteiger partial charge in [0.2, 0.25) is 0 Å². The summed E-state index contributed by atoms with van der Waals surface area (Å²) in [5.41, 5.74) is -0.304. The van der Waals surface area contributed by atoms with Crippen LogP contribution in [0.4, 0.5) is 0 Å². The van der Waals surface area contributed by atoms with Crippen LogP contribution in [-0.4, -0.2) is 29.4 Å². The molecule has 5 nitrogen and oxygen atoms in total. The predicted molar refractivity (Wildman–Crippen MR) is 77.4 cm³/mol. The highest BCUT2D eigenvalue weighted by molar-refractivity contribution is 6.38. The van der Waals surface area contributed by atoms with E-state index in [-0.39, 0.29) is 5.71 Å². The second-order valence-corrected chi connectivity index (χ2v) is 5.14. The number of benzene rings is 1. The molecular formula is C16H17NO4. The van der Waals surface area contributed by atoms with E-state index < -0.39 is 17.4 Å². The van der Waals surface area contributed by atoms with Crippen LogP contribution in [0.5, 0.6) is 0 Å². The van der Waals surface area contributed by atoms with Crippen LogP contribution in [0.1, 0.15) is 37.3 Å². The molecule has 2 atom stereocenters. The summed E-state index contributed by atoms with van der Waals surface area (Å²) < 4.78 is 0. The Balaban J connectivity index is 2.60. The van der Waals surface area contributed by atoms with Gasteiger partial charge < -0.3 is 9.90 Å². The molecule has 0 aliphatic carbocycles. The highest BCUT2D eigenvalue weighted by Gasteiger charge is 2.49. The molecule has 5 heteroatoms. The van der Waals surface area contributed by atoms with Gasteiger partial charge in [-0.25, -0.2) is 0 Å². The Bertz CT molecular complexity index is 608. The first kappa shape index (κ1) is 15.1. The number of aliphatic carboxylic acids is 1. The first-order valence-corrected chi connectivity index (χ1v) is 6.94. The average Bonchev–Trinajstić information content (AvgIpc) is 2.83. The van der Waals surface area contributed by atoms with Crippen LogP contribution >= 0.6 is 0 Å². The molecule has 1 aromatic rings. The van der Waals surface area contributed by atoms with Crippen LogP contribution < -0.4 is 0 Å². The van der Waals surface area contributed by atoms with Gasteiger partial charge in [0.1, 0.15) is 5.71 Å². The van der Waals surface area contributed by atoms with Crippen LogP contribution in [-0.2, 0) is 19.9 Å². The summed E-state index contributed by atoms with van der Waals surface area (Å²) >= 11 is 0. The Kier molecular flexibility index (Phi) is 4.31. The van der Waals surface area contributed by atoms with Crippen molar-refractivity contribution in [2.75, 3.05) is 0 Å². The standard InChI is InChI=1S/C16H17NO4/c1-2-3-7-13(15(20)21)16(10-19)12-8-5-4-6-11(12)14(9-18)17-16/h4-6,8-10,13H,2-3,7H2,1H3,(H,20,21)/t13-,16?/m0/s1. The van der Waals surface area contributed by atoms with E-state index in [2.05, 4.69) is 4.99 Å². The van der Waals surface area contributed by atoms with E-state index in [0.29, 0.717) is 36.5 Å². The number of aliphatic imine (C=N–C) groups is 1. The van der Waals surface area contributed by atoms with Gasteiger partial charge in [-0.2, -0.15) is 0 Å². The molecule has 1 unspecified atom stereocenters. The maximum Gasteiger partial charge on any atom is 0.309 e. The van der Waals surface area contributed by atoms with E-state index in [4.69, 9.17) is 0 Å². The number of unbranched alkanes of at least 4 members (excludes halogenated alkanes) is 1. The number of aldehydes is 2. The normalized spacial score (nSPS) is 21.3. The number of hydrogen-bond donors (Lipinski definition) is 1. The van der Waals surface area contributed by atoms with Gasteiger partial charge in [0.05, 0.1) is 5.92 Å². The summed E-state index contributed by atoms with van der Waals surface area (Å²) in [6.07, 6.45) is 2.99. The molecule has 2 rings (SSSR count). The topological polar surface area (TPSA) is 83.8 Å². The largest absolute Gasteiger partial charge is 0.481 e. The molecule has 0 aromatic heterocycles. The van der Waals surface area contributed by atoms with E-state index >= 15 is 0 Å². The molecule has 0 bridgehead atoms. The quantitative estimate of drug-likeness (QED) is 0.777. The molecule has 0 saturated heterocycles. The molecule has 0 radical (unpaired) electrons. The summed E-state index contributed by atoms with van der Waals surface area (Å²) in [7, 11) is 0. The number of carboxylic acid groups (broad SMARTS) is 1. The second-order valence-electron chi connectivity index (χ2n) is 5.14. The Labute approximate surface area is 122 Å². The van der Waals surface area contributed by atoms with Crippen molar-refractivity contribution >= 4 is 24.3 Å². The summed E-state index contributed by atoms with van der Waals surface area (Å²) in [5, 5.41) is 9.52. The van der Waals surface area contributed by atoms with Gasteiger partial charge >= 0.3 is 5.97 Å². The molecule has 21 heavy (non-hydrogen) atoms. The molecule has 0 spiro atoms. The van der Waals surface area contributed by atoms with E-state index in [1.165, 1.54) is 0 Å². The minimum atomic E-state index is -1.49. The zero-order chi connectivity index (χ0) is 15.5. The summed E-state index contributed by atoms with van der Waals surface area (Å²) in [4.78, 5) is 38.8. The second kappa shape index (κ2) is 5.99. The van der Waals surface area contributed by atoms with Crippen molar-refractivity contribution in [3.8, 4) is 0 Å². The molecule has 1 aliphatic rings. The minimum absolute atomic E-state index is 0.139. The monoisotopic (exact) mass is 287 g/mol. The fourth-order valence-electron chi connectivity index (χ4n) is 2.84. The van der Waals surface area contributed by atoms with Crippen molar-refractivity contribution in [2.24, 2.45) is 10.9 Å². The van der Waals surface area contributed by atoms with Crippen LogP contribution in [0.15, 0.2) is 29.3 Å². The first-order valence-electron chi connectivity index (χ1n) is 6.94. The third-order valence-electron chi connectivity index (χ3n) is 3.91. The number of fused-ring (bicyclic) bond motifs is 1. The lowest BCUT2D eigenvalue weighted by atomic mass is 9.77. The van der Waals surface area contributed by atoms with Gasteiger partial charge in [0.15, 0.2) is 18.1 Å². The maximum absolute atomic E-state index is 11.8. The lowest BCUT2D eigenvalue weighted by molar-refractivity contribution is -0.146. The molecule has 0 amide bonds. The van der Waals surface area contributed by atoms with Crippen molar-refractivity contribution < 1.29 is 19.5 Å². The van der Waals surface area contributed by atoms with Gasteiger partial charge in [0.25, 0.3) is 0 Å². The highest BCUT2D eigenvalue weighted by atomic mass is 16.4. The van der Waals surface area contributed by atoms with Crippen molar-refractivity contribution in [3.05, 3.63) is 35.4 Å². The maximum atomic E-state index is 11.8. The fraction of sp³-hybridized carbons (Fsp3) is 0.375. The smallest absolute Gasteiger partial charge is 0.309 e. The van der Waals surface area contributed by atoms with Crippen molar-refractivity contribution in [1.82, 2.24) is 0 Å². The third kappa shape index (κ3) is 2.39. The third-order valence-corrected chi connectivity index (χ3v) is 3.91. The predicted octanol–water partition coefficient (Wildman–Crippen LogP) is 1.97. The number of carbonyl (C=O) groups is 3. The Hall–Kier alpha value is -2.30. The molecular weight excluding hydrogens is 270 g/mol. The van der Waals surface area contributed by atoms with E-state index in [0.717, 1.165) is 6.42 Å². The summed E-state index contributed by atoms with van der Waals surface area (Å²) in [6.45, 7) is 1.95. The summed E-state index contributed by atoms with van der Waals surface area (Å²) in [5.74, 6) is -2.03. The lowest BCUT2D eigenvalue weighted by Gasteiger charge is -2.28. The van der Waals surface area contributed by atoms with Crippen LogP contribution in [0, 0.1) is 5.92 Å². The zero-order valence-electron chi connectivity index (χ0n) is 11.8. The average molecular weight is 287 g/mol. The van der Waals surface area contributed by atoms with Crippen molar-refractivity contribution in [1.29, 1.82) is 0 Å². The number of nitrogens with zero attached hydrogens (tertiary/aromatic N) is 1.